The molecule has 0 aromatic heterocycles. The number of rotatable bonds is 0. The van der Waals surface area contributed by atoms with Crippen LogP contribution in [0.5, 0.6) is 0 Å². The van der Waals surface area contributed by atoms with E-state index in [0.29, 0.717) is 5.54 Å². The minimum Gasteiger partial charge on any atom is -0.324 e. The van der Waals surface area contributed by atoms with Gasteiger partial charge >= 0.3 is 0 Å². The zero-order chi connectivity index (χ0) is 7.12. The molecule has 0 saturated carbocycles. The van der Waals surface area contributed by atoms with Gasteiger partial charge in [-0.05, 0) is 13.8 Å². The largest absolute Gasteiger partial charge is 0.324 e. The maximum Gasteiger partial charge on any atom is 0.0933 e. The summed E-state index contributed by atoms with van der Waals surface area (Å²) in [6, 6.07) is 0. The first-order chi connectivity index (χ1) is 3.96. The van der Waals surface area contributed by atoms with Crippen LogP contribution >= 0.6 is 0 Å². The Kier molecular flexibility index (Phi) is 1.35. The first-order valence-corrected chi connectivity index (χ1v) is 3.79. The van der Waals surface area contributed by atoms with Crippen LogP contribution in [-0.2, 0) is 0 Å². The van der Waals surface area contributed by atoms with E-state index in [0.717, 1.165) is 0 Å². The smallest absolute Gasteiger partial charge is 0.0933 e. The SMILES string of the molecule is CC1(C)CCC[N+]1(C)C. The summed E-state index contributed by atoms with van der Waals surface area (Å²) in [5.74, 6) is 0. The molecule has 1 aliphatic rings. The molecule has 0 amide bonds. The molecule has 0 spiro atoms. The number of likely N-dealkylation sites (tertiary alicyclic amines) is 1. The van der Waals surface area contributed by atoms with Crippen molar-refractivity contribution in [1.29, 1.82) is 0 Å². The lowest BCUT2D eigenvalue weighted by Crippen LogP contribution is -2.50. The Balaban J connectivity index is 2.75. The van der Waals surface area contributed by atoms with Crippen LogP contribution in [0.15, 0.2) is 0 Å². The molecule has 1 saturated heterocycles. The highest BCUT2D eigenvalue weighted by Gasteiger charge is 2.40. The third kappa shape index (κ3) is 0.983. The van der Waals surface area contributed by atoms with E-state index in [1.165, 1.54) is 23.9 Å². The quantitative estimate of drug-likeness (QED) is 0.435. The lowest BCUT2D eigenvalue weighted by atomic mass is 10.0. The monoisotopic (exact) mass is 128 g/mol. The molecular formula is C8H18N+. The van der Waals surface area contributed by atoms with Crippen LogP contribution in [0.2, 0.25) is 0 Å². The fourth-order valence-electron chi connectivity index (χ4n) is 1.51. The highest BCUT2D eigenvalue weighted by atomic mass is 15.4. The first-order valence-electron chi connectivity index (χ1n) is 3.79. The van der Waals surface area contributed by atoms with Crippen molar-refractivity contribution >= 4 is 0 Å². The van der Waals surface area contributed by atoms with Crippen molar-refractivity contribution in [3.8, 4) is 0 Å². The van der Waals surface area contributed by atoms with E-state index in [1.54, 1.807) is 0 Å². The van der Waals surface area contributed by atoms with Gasteiger partial charge in [0.05, 0.1) is 26.2 Å². The molecule has 1 fully saturated rings. The van der Waals surface area contributed by atoms with Crippen molar-refractivity contribution in [1.82, 2.24) is 0 Å². The molecule has 0 radical (unpaired) electrons. The van der Waals surface area contributed by atoms with Crippen LogP contribution in [0, 0.1) is 0 Å². The second-order valence-corrected chi connectivity index (χ2v) is 4.32. The zero-order valence-electron chi connectivity index (χ0n) is 7.07. The Hall–Kier alpha value is -0.0400. The summed E-state index contributed by atoms with van der Waals surface area (Å²) in [6.45, 7) is 6.08. The molecule has 0 atom stereocenters. The minimum absolute atomic E-state index is 0.528. The highest BCUT2D eigenvalue weighted by Crippen LogP contribution is 2.32. The lowest BCUT2D eigenvalue weighted by Gasteiger charge is -2.38. The van der Waals surface area contributed by atoms with Crippen LogP contribution in [0.4, 0.5) is 0 Å². The molecule has 0 aromatic carbocycles. The van der Waals surface area contributed by atoms with E-state index < -0.39 is 0 Å². The van der Waals surface area contributed by atoms with Crippen molar-refractivity contribution in [2.45, 2.75) is 32.2 Å². The van der Waals surface area contributed by atoms with Gasteiger partial charge in [0.1, 0.15) is 0 Å². The summed E-state index contributed by atoms with van der Waals surface area (Å²) in [5.41, 5.74) is 0.528. The third-order valence-electron chi connectivity index (χ3n) is 3.14. The molecule has 0 bridgehead atoms. The van der Waals surface area contributed by atoms with Gasteiger partial charge in [-0.25, -0.2) is 0 Å². The topological polar surface area (TPSA) is 0 Å². The predicted molar refractivity (Wildman–Crippen MR) is 40.3 cm³/mol. The van der Waals surface area contributed by atoms with E-state index in [4.69, 9.17) is 0 Å². The van der Waals surface area contributed by atoms with Gasteiger partial charge in [0.25, 0.3) is 0 Å². The maximum atomic E-state index is 2.36. The summed E-state index contributed by atoms with van der Waals surface area (Å²) >= 11 is 0. The molecule has 1 rings (SSSR count). The van der Waals surface area contributed by atoms with Gasteiger partial charge < -0.3 is 4.48 Å². The summed E-state index contributed by atoms with van der Waals surface area (Å²) in [6.07, 6.45) is 2.79. The molecule has 0 aliphatic carbocycles. The van der Waals surface area contributed by atoms with E-state index in [2.05, 4.69) is 27.9 Å². The van der Waals surface area contributed by atoms with Gasteiger partial charge in [0, 0.05) is 12.8 Å². The van der Waals surface area contributed by atoms with Gasteiger partial charge in [0.15, 0.2) is 0 Å². The van der Waals surface area contributed by atoms with Gasteiger partial charge in [0.2, 0.25) is 0 Å². The molecule has 1 nitrogen and oxygen atoms in total. The highest BCUT2D eigenvalue weighted by molar-refractivity contribution is 4.74. The van der Waals surface area contributed by atoms with Gasteiger partial charge in [-0.15, -0.1) is 0 Å². The maximum absolute atomic E-state index is 2.36. The van der Waals surface area contributed by atoms with Gasteiger partial charge in [-0.3, -0.25) is 0 Å². The van der Waals surface area contributed by atoms with Crippen molar-refractivity contribution in [3.05, 3.63) is 0 Å². The van der Waals surface area contributed by atoms with Crippen molar-refractivity contribution < 1.29 is 4.48 Å². The first kappa shape index (κ1) is 7.07. The number of hydrogen-bond acceptors (Lipinski definition) is 0. The third-order valence-corrected chi connectivity index (χ3v) is 3.14. The standard InChI is InChI=1S/C8H18N/c1-8(2)6-5-7-9(8,3)4/h5-7H2,1-4H3/q+1. The van der Waals surface area contributed by atoms with Crippen molar-refractivity contribution in [2.75, 3.05) is 20.6 Å². The summed E-state index contributed by atoms with van der Waals surface area (Å²) in [4.78, 5) is 0. The molecule has 1 heteroatoms. The number of quaternary nitrogens is 1. The summed E-state index contributed by atoms with van der Waals surface area (Å²) < 4.78 is 1.20. The predicted octanol–water partition coefficient (Wildman–Crippen LogP) is 1.64. The molecule has 1 heterocycles. The van der Waals surface area contributed by atoms with E-state index >= 15 is 0 Å². The average Bonchev–Trinajstić information content (AvgIpc) is 1.81. The molecule has 0 unspecified atom stereocenters. The van der Waals surface area contributed by atoms with Crippen molar-refractivity contribution in [3.63, 3.8) is 0 Å². The molecule has 9 heavy (non-hydrogen) atoms. The van der Waals surface area contributed by atoms with Crippen molar-refractivity contribution in [2.24, 2.45) is 0 Å². The zero-order valence-corrected chi connectivity index (χ0v) is 7.07. The Morgan fingerprint density at radius 3 is 1.89 bits per heavy atom. The van der Waals surface area contributed by atoms with Crippen LogP contribution in [0.3, 0.4) is 0 Å². The fraction of sp³-hybridized carbons (Fsp3) is 1.00. The van der Waals surface area contributed by atoms with E-state index in [9.17, 15) is 0 Å². The molecule has 54 valence electrons. The van der Waals surface area contributed by atoms with Crippen LogP contribution in [0.25, 0.3) is 0 Å². The Morgan fingerprint density at radius 2 is 1.78 bits per heavy atom. The Morgan fingerprint density at radius 1 is 1.22 bits per heavy atom. The minimum atomic E-state index is 0.528. The second-order valence-electron chi connectivity index (χ2n) is 4.32. The Bertz CT molecular complexity index is 99.7. The molecule has 1 aliphatic heterocycles. The van der Waals surface area contributed by atoms with Gasteiger partial charge in [-0.2, -0.15) is 0 Å². The van der Waals surface area contributed by atoms with Crippen LogP contribution in [0.1, 0.15) is 26.7 Å². The fourth-order valence-corrected chi connectivity index (χ4v) is 1.51. The Labute approximate surface area is 58.3 Å². The van der Waals surface area contributed by atoms with Gasteiger partial charge in [-0.1, -0.05) is 0 Å². The normalized spacial score (nSPS) is 30.7. The van der Waals surface area contributed by atoms with E-state index in [1.807, 2.05) is 0 Å². The van der Waals surface area contributed by atoms with E-state index in [-0.39, 0.29) is 0 Å². The average molecular weight is 128 g/mol. The van der Waals surface area contributed by atoms with Crippen LogP contribution in [-0.4, -0.2) is 30.7 Å². The summed E-state index contributed by atoms with van der Waals surface area (Å²) in [5, 5.41) is 0. The summed E-state index contributed by atoms with van der Waals surface area (Å²) in [7, 11) is 4.65. The number of nitrogens with zero attached hydrogens (tertiary/aromatic N) is 1. The molecule has 0 N–H and O–H groups in total. The number of hydrogen-bond donors (Lipinski definition) is 0. The second kappa shape index (κ2) is 1.72. The molecule has 0 aromatic rings. The van der Waals surface area contributed by atoms with Crippen LogP contribution < -0.4 is 0 Å². The lowest BCUT2D eigenvalue weighted by molar-refractivity contribution is -0.924. The molecular weight excluding hydrogens is 110 g/mol.